The molecule has 0 bridgehead atoms. The van der Waals surface area contributed by atoms with E-state index >= 15 is 0 Å². The lowest BCUT2D eigenvalue weighted by Gasteiger charge is -2.02. The van der Waals surface area contributed by atoms with Crippen LogP contribution >= 0.6 is 23.5 Å². The highest BCUT2D eigenvalue weighted by molar-refractivity contribution is 8.18. The summed E-state index contributed by atoms with van der Waals surface area (Å²) in [5.41, 5.74) is 4.04. The smallest absolute Gasteiger partial charge is 0.264 e. The predicted molar refractivity (Wildman–Crippen MR) is 131 cm³/mol. The number of hydrogen-bond acceptors (Lipinski definition) is 6. The van der Waals surface area contributed by atoms with Gasteiger partial charge < -0.3 is 9.73 Å². The number of amides is 1. The summed E-state index contributed by atoms with van der Waals surface area (Å²) in [4.78, 5) is 23.1. The Balaban J connectivity index is 1.35. The van der Waals surface area contributed by atoms with Gasteiger partial charge in [-0.2, -0.15) is 0 Å². The third kappa shape index (κ3) is 4.49. The fraction of sp³-hybridized carbons (Fsp3) is 0.0800. The number of fused-ring (bicyclic) bond motifs is 1. The van der Waals surface area contributed by atoms with Gasteiger partial charge in [0.1, 0.15) is 5.76 Å². The van der Waals surface area contributed by atoms with Crippen LogP contribution in [0.1, 0.15) is 16.9 Å². The molecule has 0 saturated carbocycles. The van der Waals surface area contributed by atoms with E-state index in [4.69, 9.17) is 4.42 Å². The van der Waals surface area contributed by atoms with E-state index in [9.17, 15) is 4.79 Å². The molecule has 1 saturated heterocycles. The number of carbonyl (C=O) groups excluding carboxylic acids is 1. The molecule has 0 aliphatic carbocycles. The summed E-state index contributed by atoms with van der Waals surface area (Å²) < 4.78 is 5.96. The van der Waals surface area contributed by atoms with Crippen molar-refractivity contribution in [1.82, 2.24) is 10.3 Å². The number of amidine groups is 1. The van der Waals surface area contributed by atoms with Crippen molar-refractivity contribution in [2.75, 3.05) is 0 Å². The zero-order valence-corrected chi connectivity index (χ0v) is 19.1. The summed E-state index contributed by atoms with van der Waals surface area (Å²) in [6.45, 7) is 4.06. The first-order valence-electron chi connectivity index (χ1n) is 10.0. The number of nitrogens with zero attached hydrogens (tertiary/aromatic N) is 2. The fourth-order valence-corrected chi connectivity index (χ4v) is 5.20. The molecule has 158 valence electrons. The molecule has 7 heteroatoms. The van der Waals surface area contributed by atoms with Gasteiger partial charge in [0, 0.05) is 22.6 Å². The fourth-order valence-electron chi connectivity index (χ4n) is 3.48. The van der Waals surface area contributed by atoms with Gasteiger partial charge in [0.15, 0.2) is 10.3 Å². The monoisotopic (exact) mass is 457 g/mol. The van der Waals surface area contributed by atoms with Crippen molar-refractivity contribution in [2.24, 2.45) is 4.99 Å². The van der Waals surface area contributed by atoms with Crippen LogP contribution < -0.4 is 5.32 Å². The summed E-state index contributed by atoms with van der Waals surface area (Å²) in [6.07, 6.45) is 3.53. The second-order valence-electron chi connectivity index (χ2n) is 7.42. The first-order valence-corrected chi connectivity index (χ1v) is 11.7. The number of hydrogen-bond donors (Lipinski definition) is 1. The van der Waals surface area contributed by atoms with E-state index in [-0.39, 0.29) is 5.91 Å². The molecule has 32 heavy (non-hydrogen) atoms. The van der Waals surface area contributed by atoms with Gasteiger partial charge >= 0.3 is 0 Å². The van der Waals surface area contributed by atoms with Crippen molar-refractivity contribution in [3.05, 3.63) is 88.7 Å². The van der Waals surface area contributed by atoms with E-state index in [1.165, 1.54) is 23.5 Å². The van der Waals surface area contributed by atoms with Crippen LogP contribution in [-0.4, -0.2) is 16.1 Å². The quantitative estimate of drug-likeness (QED) is 0.355. The summed E-state index contributed by atoms with van der Waals surface area (Å²) in [6, 6.07) is 19.9. The number of thioether (sulfide) groups is 1. The first kappa shape index (κ1) is 20.6. The third-order valence-corrected chi connectivity index (χ3v) is 6.65. The van der Waals surface area contributed by atoms with Crippen LogP contribution in [0, 0.1) is 13.8 Å². The van der Waals surface area contributed by atoms with Crippen LogP contribution in [-0.2, 0) is 4.79 Å². The second kappa shape index (κ2) is 8.68. The summed E-state index contributed by atoms with van der Waals surface area (Å²) >= 11 is 2.82. The van der Waals surface area contributed by atoms with Gasteiger partial charge in [-0.05, 0) is 84.9 Å². The minimum absolute atomic E-state index is 0.179. The van der Waals surface area contributed by atoms with E-state index in [0.717, 1.165) is 37.7 Å². The lowest BCUT2D eigenvalue weighted by atomic mass is 10.1. The van der Waals surface area contributed by atoms with E-state index < -0.39 is 0 Å². The highest BCUT2D eigenvalue weighted by Crippen LogP contribution is 2.35. The van der Waals surface area contributed by atoms with E-state index in [1.54, 1.807) is 12.3 Å². The van der Waals surface area contributed by atoms with Crippen LogP contribution in [0.25, 0.3) is 17.0 Å². The van der Waals surface area contributed by atoms with Crippen molar-refractivity contribution < 1.29 is 9.21 Å². The molecular formula is C25H19N3O2S2. The van der Waals surface area contributed by atoms with E-state index in [1.807, 2.05) is 68.4 Å². The van der Waals surface area contributed by atoms with Crippen molar-refractivity contribution in [3.63, 3.8) is 0 Å². The number of para-hydroxylation sites is 1. The Morgan fingerprint density at radius 3 is 2.72 bits per heavy atom. The highest BCUT2D eigenvalue weighted by atomic mass is 32.2. The Hall–Kier alpha value is -3.29. The molecule has 5 nitrogen and oxygen atoms in total. The first-order chi connectivity index (χ1) is 15.5. The molecule has 0 radical (unpaired) electrons. The maximum atomic E-state index is 12.4. The number of aromatic nitrogens is 1. The van der Waals surface area contributed by atoms with Gasteiger partial charge in [-0.3, -0.25) is 9.78 Å². The number of pyridine rings is 1. The summed E-state index contributed by atoms with van der Waals surface area (Å²) in [5.74, 6) is 0.438. The molecule has 0 spiro atoms. The average molecular weight is 458 g/mol. The second-order valence-corrected chi connectivity index (χ2v) is 9.49. The number of nitrogens with one attached hydrogen (secondary N) is 1. The van der Waals surface area contributed by atoms with Crippen molar-refractivity contribution in [1.29, 1.82) is 0 Å². The molecule has 4 aromatic rings. The van der Waals surface area contributed by atoms with Gasteiger partial charge in [-0.15, -0.1) is 0 Å². The number of carbonyl (C=O) groups is 1. The molecule has 1 fully saturated rings. The highest BCUT2D eigenvalue weighted by Gasteiger charge is 2.24. The SMILES string of the molecule is Cc1cc(C)cc(N=C2NC(=O)/C(=C/c3ccc(Sc4cccc5cccnc45)o3)S2)c1. The Morgan fingerprint density at radius 2 is 1.88 bits per heavy atom. The molecular weight excluding hydrogens is 438 g/mol. The predicted octanol–water partition coefficient (Wildman–Crippen LogP) is 6.49. The Kier molecular flexibility index (Phi) is 5.59. The summed E-state index contributed by atoms with van der Waals surface area (Å²) in [5, 5.41) is 5.22. The lowest BCUT2D eigenvalue weighted by Crippen LogP contribution is -2.19. The molecule has 0 atom stereocenters. The number of rotatable bonds is 4. The maximum Gasteiger partial charge on any atom is 0.264 e. The Labute approximate surface area is 194 Å². The number of aliphatic imine (C=N–C) groups is 1. The van der Waals surface area contributed by atoms with Gasteiger partial charge in [0.25, 0.3) is 5.91 Å². The van der Waals surface area contributed by atoms with E-state index in [0.29, 0.717) is 15.8 Å². The lowest BCUT2D eigenvalue weighted by molar-refractivity contribution is -0.115. The standard InChI is InChI=1S/C25H19N3O2S2/c1-15-11-16(2)13-18(12-15)27-25-28-24(29)21(32-25)14-19-8-9-22(30-19)31-20-7-3-5-17-6-4-10-26-23(17)20/h3-14H,1-2H3,(H,27,28,29)/b21-14-. The molecule has 5 rings (SSSR count). The maximum absolute atomic E-state index is 12.4. The van der Waals surface area contributed by atoms with Gasteiger partial charge in [0.2, 0.25) is 0 Å². The topological polar surface area (TPSA) is 67.5 Å². The van der Waals surface area contributed by atoms with Crippen molar-refractivity contribution in [2.45, 2.75) is 23.8 Å². The zero-order valence-electron chi connectivity index (χ0n) is 17.5. The molecule has 1 amide bonds. The number of benzene rings is 2. The van der Waals surface area contributed by atoms with Crippen LogP contribution in [0.2, 0.25) is 0 Å². The Bertz CT molecular complexity index is 1380. The van der Waals surface area contributed by atoms with Crippen LogP contribution in [0.3, 0.4) is 0 Å². The largest absolute Gasteiger partial charge is 0.450 e. The minimum atomic E-state index is -0.179. The van der Waals surface area contributed by atoms with Crippen LogP contribution in [0.4, 0.5) is 5.69 Å². The zero-order chi connectivity index (χ0) is 22.1. The molecule has 1 aliphatic heterocycles. The van der Waals surface area contributed by atoms with Crippen LogP contribution in [0.15, 0.2) is 91.2 Å². The van der Waals surface area contributed by atoms with Gasteiger partial charge in [-0.1, -0.05) is 24.3 Å². The van der Waals surface area contributed by atoms with E-state index in [2.05, 4.69) is 21.4 Å². The van der Waals surface area contributed by atoms with Gasteiger partial charge in [0.05, 0.1) is 16.1 Å². The number of aryl methyl sites for hydroxylation is 2. The van der Waals surface area contributed by atoms with Crippen molar-refractivity contribution in [3.8, 4) is 0 Å². The summed E-state index contributed by atoms with van der Waals surface area (Å²) in [7, 11) is 0. The molecule has 0 unspecified atom stereocenters. The molecule has 1 aliphatic rings. The third-order valence-electron chi connectivity index (χ3n) is 4.77. The minimum Gasteiger partial charge on any atom is -0.450 e. The van der Waals surface area contributed by atoms with Crippen molar-refractivity contribution >= 4 is 57.3 Å². The molecule has 3 heterocycles. The average Bonchev–Trinajstić information content (AvgIpc) is 3.33. The normalized spacial score (nSPS) is 16.2. The van der Waals surface area contributed by atoms with Gasteiger partial charge in [-0.25, -0.2) is 4.99 Å². The molecule has 1 N–H and O–H groups in total. The molecule has 2 aromatic carbocycles. The van der Waals surface area contributed by atoms with Crippen LogP contribution in [0.5, 0.6) is 0 Å². The number of furan rings is 1. The molecule has 2 aromatic heterocycles. The Morgan fingerprint density at radius 1 is 1.06 bits per heavy atom.